The molecule has 0 fully saturated rings. The van der Waals surface area contributed by atoms with Crippen LogP contribution in [0.5, 0.6) is 0 Å². The van der Waals surface area contributed by atoms with Crippen molar-refractivity contribution in [3.63, 3.8) is 0 Å². The third-order valence-corrected chi connectivity index (χ3v) is 5.39. The van der Waals surface area contributed by atoms with Crippen LogP contribution in [0.15, 0.2) is 40.8 Å². The summed E-state index contributed by atoms with van der Waals surface area (Å²) in [5.74, 6) is -0.605. The maximum Gasteiger partial charge on any atom is 0.238 e. The number of nitrogens with two attached hydrogens (primary N) is 1. The highest BCUT2D eigenvalue weighted by Crippen LogP contribution is 2.19. The summed E-state index contributed by atoms with van der Waals surface area (Å²) < 4.78 is 22.4. The molecule has 0 saturated carbocycles. The fourth-order valence-corrected chi connectivity index (χ4v) is 3.47. The first-order chi connectivity index (χ1) is 12.8. The lowest BCUT2D eigenvalue weighted by molar-refractivity contribution is -0.129. The van der Waals surface area contributed by atoms with Crippen LogP contribution < -0.4 is 15.8 Å². The van der Waals surface area contributed by atoms with E-state index in [2.05, 4.69) is 16.7 Å². The van der Waals surface area contributed by atoms with E-state index in [-0.39, 0.29) is 23.1 Å². The zero-order valence-corrected chi connectivity index (χ0v) is 16.2. The first-order valence-electron chi connectivity index (χ1n) is 9.17. The van der Waals surface area contributed by atoms with Crippen LogP contribution in [0.4, 0.5) is 0 Å². The fraction of sp³-hybridized carbons (Fsp3) is 0.474. The third kappa shape index (κ3) is 7.92. The molecular formula is C19H27N3O4S. The molecule has 2 amide bonds. The SMILES string of the molecule is NS(=O)(=O)c1ccc(CCNC(=O)CC(=O)NCCC2=CCCCC2)cc1. The molecule has 1 aromatic rings. The van der Waals surface area contributed by atoms with Gasteiger partial charge in [0.05, 0.1) is 4.90 Å². The number of carbonyl (C=O) groups excluding carboxylic acids is 2. The average Bonchev–Trinajstić information content (AvgIpc) is 2.62. The maximum atomic E-state index is 11.8. The van der Waals surface area contributed by atoms with Crippen LogP contribution in [0.2, 0.25) is 0 Å². The molecule has 0 bridgehead atoms. The lowest BCUT2D eigenvalue weighted by Gasteiger charge is -2.13. The van der Waals surface area contributed by atoms with Crippen LogP contribution in [0, 0.1) is 0 Å². The van der Waals surface area contributed by atoms with Gasteiger partial charge in [0.15, 0.2) is 0 Å². The van der Waals surface area contributed by atoms with E-state index in [9.17, 15) is 18.0 Å². The number of amides is 2. The smallest absolute Gasteiger partial charge is 0.238 e. The van der Waals surface area contributed by atoms with E-state index in [1.807, 2.05) is 0 Å². The number of primary sulfonamides is 1. The second-order valence-electron chi connectivity index (χ2n) is 6.67. The predicted octanol–water partition coefficient (Wildman–Crippen LogP) is 1.39. The molecule has 1 aliphatic rings. The van der Waals surface area contributed by atoms with Crippen LogP contribution >= 0.6 is 0 Å². The highest BCUT2D eigenvalue weighted by Gasteiger charge is 2.10. The molecule has 4 N–H and O–H groups in total. The molecule has 1 aromatic carbocycles. The van der Waals surface area contributed by atoms with E-state index in [1.54, 1.807) is 12.1 Å². The van der Waals surface area contributed by atoms with Crippen LogP contribution in [0.25, 0.3) is 0 Å². The second-order valence-corrected chi connectivity index (χ2v) is 8.24. The summed E-state index contributed by atoms with van der Waals surface area (Å²) in [7, 11) is -3.70. The molecule has 148 valence electrons. The van der Waals surface area contributed by atoms with Gasteiger partial charge in [0, 0.05) is 13.1 Å². The molecule has 0 saturated heterocycles. The van der Waals surface area contributed by atoms with Gasteiger partial charge in [-0.3, -0.25) is 9.59 Å². The van der Waals surface area contributed by atoms with Crippen molar-refractivity contribution in [3.05, 3.63) is 41.5 Å². The highest BCUT2D eigenvalue weighted by atomic mass is 32.2. The predicted molar refractivity (Wildman–Crippen MR) is 103 cm³/mol. The molecule has 0 spiro atoms. The molecule has 0 unspecified atom stereocenters. The Bertz CT molecular complexity index is 786. The number of allylic oxidation sites excluding steroid dienone is 1. The Morgan fingerprint density at radius 2 is 1.59 bits per heavy atom. The van der Waals surface area contributed by atoms with Crippen LogP contribution in [-0.4, -0.2) is 33.3 Å². The van der Waals surface area contributed by atoms with Gasteiger partial charge in [-0.15, -0.1) is 0 Å². The summed E-state index contributed by atoms with van der Waals surface area (Å²) in [4.78, 5) is 23.7. The largest absolute Gasteiger partial charge is 0.355 e. The molecule has 7 nitrogen and oxygen atoms in total. The van der Waals surface area contributed by atoms with E-state index < -0.39 is 10.0 Å². The van der Waals surface area contributed by atoms with Crippen molar-refractivity contribution in [1.29, 1.82) is 0 Å². The quantitative estimate of drug-likeness (QED) is 0.434. The van der Waals surface area contributed by atoms with E-state index >= 15 is 0 Å². The monoisotopic (exact) mass is 393 g/mol. The normalized spacial score (nSPS) is 14.3. The number of rotatable bonds is 9. The van der Waals surface area contributed by atoms with Crippen molar-refractivity contribution in [3.8, 4) is 0 Å². The Kier molecular flexibility index (Phi) is 7.99. The Labute approximate surface area is 160 Å². The number of hydrogen-bond acceptors (Lipinski definition) is 4. The second kappa shape index (κ2) is 10.2. The van der Waals surface area contributed by atoms with Crippen molar-refractivity contribution in [2.75, 3.05) is 13.1 Å². The molecule has 2 rings (SSSR count). The molecule has 27 heavy (non-hydrogen) atoms. The van der Waals surface area contributed by atoms with Gasteiger partial charge in [0.25, 0.3) is 0 Å². The van der Waals surface area contributed by atoms with Gasteiger partial charge in [0.2, 0.25) is 21.8 Å². The first kappa shape index (κ1) is 21.1. The minimum Gasteiger partial charge on any atom is -0.355 e. The van der Waals surface area contributed by atoms with E-state index in [0.717, 1.165) is 24.8 Å². The van der Waals surface area contributed by atoms with E-state index in [1.165, 1.54) is 30.5 Å². The summed E-state index contributed by atoms with van der Waals surface area (Å²) in [5, 5.41) is 10.5. The molecule has 1 aliphatic carbocycles. The molecule has 8 heteroatoms. The van der Waals surface area contributed by atoms with Gasteiger partial charge < -0.3 is 10.6 Å². The summed E-state index contributed by atoms with van der Waals surface area (Å²) in [6, 6.07) is 6.17. The summed E-state index contributed by atoms with van der Waals surface area (Å²) in [5.41, 5.74) is 2.26. The number of carbonyl (C=O) groups is 2. The minimum atomic E-state index is -3.70. The summed E-state index contributed by atoms with van der Waals surface area (Å²) in [6.07, 6.45) is 8.12. The number of benzene rings is 1. The van der Waals surface area contributed by atoms with Gasteiger partial charge in [-0.05, 0) is 56.2 Å². The van der Waals surface area contributed by atoms with Gasteiger partial charge in [-0.1, -0.05) is 23.8 Å². The maximum absolute atomic E-state index is 11.8. The van der Waals surface area contributed by atoms with E-state index in [4.69, 9.17) is 5.14 Å². The van der Waals surface area contributed by atoms with Crippen molar-refractivity contribution in [1.82, 2.24) is 10.6 Å². The number of sulfonamides is 1. The Morgan fingerprint density at radius 1 is 0.963 bits per heavy atom. The van der Waals surface area contributed by atoms with Gasteiger partial charge in [0.1, 0.15) is 6.42 Å². The molecule has 0 aliphatic heterocycles. The molecule has 0 heterocycles. The van der Waals surface area contributed by atoms with Gasteiger partial charge >= 0.3 is 0 Å². The third-order valence-electron chi connectivity index (χ3n) is 4.46. The average molecular weight is 394 g/mol. The van der Waals surface area contributed by atoms with Crippen molar-refractivity contribution >= 4 is 21.8 Å². The first-order valence-corrected chi connectivity index (χ1v) is 10.7. The number of hydrogen-bond donors (Lipinski definition) is 3. The Hall–Kier alpha value is -2.19. The molecule has 0 aromatic heterocycles. The van der Waals surface area contributed by atoms with Gasteiger partial charge in [-0.25, -0.2) is 13.6 Å². The van der Waals surface area contributed by atoms with Crippen LogP contribution in [0.3, 0.4) is 0 Å². The lowest BCUT2D eigenvalue weighted by atomic mass is 9.97. The zero-order valence-electron chi connectivity index (χ0n) is 15.4. The topological polar surface area (TPSA) is 118 Å². The zero-order chi connectivity index (χ0) is 19.7. The summed E-state index contributed by atoms with van der Waals surface area (Å²) in [6.45, 7) is 0.933. The van der Waals surface area contributed by atoms with Crippen LogP contribution in [-0.2, 0) is 26.0 Å². The molecular weight excluding hydrogens is 366 g/mol. The lowest BCUT2D eigenvalue weighted by Crippen LogP contribution is -2.33. The van der Waals surface area contributed by atoms with Crippen LogP contribution in [0.1, 0.15) is 44.1 Å². The molecule has 0 radical (unpaired) electrons. The van der Waals surface area contributed by atoms with Crippen molar-refractivity contribution in [2.45, 2.75) is 49.8 Å². The Balaban J connectivity index is 1.62. The van der Waals surface area contributed by atoms with Gasteiger partial charge in [-0.2, -0.15) is 0 Å². The standard InChI is InChI=1S/C19H27N3O4S/c20-27(25,26)17-8-6-16(7-9-17)11-13-22-19(24)14-18(23)21-12-10-15-4-2-1-3-5-15/h4,6-9H,1-3,5,10-14H2,(H,21,23)(H,22,24)(H2,20,25,26). The van der Waals surface area contributed by atoms with Crippen molar-refractivity contribution < 1.29 is 18.0 Å². The number of nitrogens with one attached hydrogen (secondary N) is 2. The van der Waals surface area contributed by atoms with E-state index in [0.29, 0.717) is 19.5 Å². The van der Waals surface area contributed by atoms with Crippen molar-refractivity contribution in [2.24, 2.45) is 5.14 Å². The minimum absolute atomic E-state index is 0.0518. The molecule has 0 atom stereocenters. The summed E-state index contributed by atoms with van der Waals surface area (Å²) >= 11 is 0. The highest BCUT2D eigenvalue weighted by molar-refractivity contribution is 7.89. The fourth-order valence-electron chi connectivity index (χ4n) is 2.96. The Morgan fingerprint density at radius 3 is 2.15 bits per heavy atom.